The van der Waals surface area contributed by atoms with E-state index in [1.807, 2.05) is 0 Å². The van der Waals surface area contributed by atoms with Gasteiger partial charge in [-0.25, -0.2) is 8.78 Å². The van der Waals surface area contributed by atoms with Crippen LogP contribution in [-0.2, 0) is 11.2 Å². The summed E-state index contributed by atoms with van der Waals surface area (Å²) in [7, 11) is 1.58. The van der Waals surface area contributed by atoms with E-state index in [4.69, 9.17) is 10.6 Å². The van der Waals surface area contributed by atoms with Gasteiger partial charge in [-0.2, -0.15) is 0 Å². The Labute approximate surface area is 93.6 Å². The molecule has 0 aliphatic carbocycles. The molecular formula is C11H16F2N2O. The summed E-state index contributed by atoms with van der Waals surface area (Å²) in [5.74, 6) is 3.69. The summed E-state index contributed by atoms with van der Waals surface area (Å²) in [6, 6.07) is 4.00. The second-order valence-electron chi connectivity index (χ2n) is 3.56. The smallest absolute Gasteiger partial charge is 0.162 e. The topological polar surface area (TPSA) is 47.3 Å². The number of nitrogens with one attached hydrogen (secondary N) is 1. The van der Waals surface area contributed by atoms with Crippen molar-refractivity contribution in [2.45, 2.75) is 18.9 Å². The molecule has 0 spiro atoms. The van der Waals surface area contributed by atoms with E-state index in [0.29, 0.717) is 25.0 Å². The molecule has 5 heteroatoms. The molecule has 90 valence electrons. The molecule has 3 N–H and O–H groups in total. The second kappa shape index (κ2) is 6.52. The Morgan fingerprint density at radius 3 is 2.81 bits per heavy atom. The molecule has 0 aliphatic rings. The van der Waals surface area contributed by atoms with Crippen LogP contribution in [0.1, 0.15) is 12.0 Å². The fourth-order valence-corrected chi connectivity index (χ4v) is 1.48. The van der Waals surface area contributed by atoms with Crippen LogP contribution in [0.4, 0.5) is 8.78 Å². The van der Waals surface area contributed by atoms with E-state index in [2.05, 4.69) is 5.43 Å². The van der Waals surface area contributed by atoms with Gasteiger partial charge < -0.3 is 4.74 Å². The van der Waals surface area contributed by atoms with Crippen molar-refractivity contribution in [2.75, 3.05) is 13.7 Å². The molecule has 1 atom stereocenters. The van der Waals surface area contributed by atoms with Gasteiger partial charge in [-0.05, 0) is 24.5 Å². The molecule has 0 bridgehead atoms. The molecule has 0 fully saturated rings. The van der Waals surface area contributed by atoms with Gasteiger partial charge in [0.2, 0.25) is 0 Å². The Hall–Kier alpha value is -1.04. The quantitative estimate of drug-likeness (QED) is 0.573. The van der Waals surface area contributed by atoms with Crippen LogP contribution >= 0.6 is 0 Å². The summed E-state index contributed by atoms with van der Waals surface area (Å²) >= 11 is 0. The van der Waals surface area contributed by atoms with E-state index in [0.717, 1.165) is 6.07 Å². The van der Waals surface area contributed by atoms with Gasteiger partial charge in [-0.15, -0.1) is 0 Å². The van der Waals surface area contributed by atoms with Crippen molar-refractivity contribution in [2.24, 2.45) is 5.84 Å². The van der Waals surface area contributed by atoms with Gasteiger partial charge in [-0.1, -0.05) is 12.1 Å². The molecular weight excluding hydrogens is 214 g/mol. The highest BCUT2D eigenvalue weighted by atomic mass is 19.2. The summed E-state index contributed by atoms with van der Waals surface area (Å²) in [5, 5.41) is 0. The molecule has 1 unspecified atom stereocenters. The van der Waals surface area contributed by atoms with E-state index in [1.54, 1.807) is 13.2 Å². The number of hydrogen-bond acceptors (Lipinski definition) is 3. The van der Waals surface area contributed by atoms with E-state index in [1.165, 1.54) is 6.07 Å². The summed E-state index contributed by atoms with van der Waals surface area (Å²) in [6.07, 6.45) is 0.979. The molecule has 3 nitrogen and oxygen atoms in total. The van der Waals surface area contributed by atoms with Gasteiger partial charge in [0.05, 0.1) is 0 Å². The molecule has 0 heterocycles. The zero-order chi connectivity index (χ0) is 12.0. The number of hydrogen-bond donors (Lipinski definition) is 2. The van der Waals surface area contributed by atoms with Crippen molar-refractivity contribution in [1.29, 1.82) is 0 Å². The third kappa shape index (κ3) is 3.52. The number of hydrazine groups is 1. The maximum Gasteiger partial charge on any atom is 0.162 e. The highest BCUT2D eigenvalue weighted by molar-refractivity contribution is 5.19. The molecule has 0 saturated carbocycles. The standard InChI is InChI=1S/C11H16F2N2O/c1-16-6-5-9(15-14)7-8-3-2-4-10(12)11(8)13/h2-4,9,15H,5-7,14H2,1H3. The average molecular weight is 230 g/mol. The number of rotatable bonds is 6. The zero-order valence-corrected chi connectivity index (χ0v) is 9.17. The minimum Gasteiger partial charge on any atom is -0.385 e. The largest absolute Gasteiger partial charge is 0.385 e. The molecule has 0 aromatic heterocycles. The van der Waals surface area contributed by atoms with Crippen LogP contribution in [0.25, 0.3) is 0 Å². The first-order valence-electron chi connectivity index (χ1n) is 5.07. The Morgan fingerprint density at radius 2 is 2.19 bits per heavy atom. The molecule has 1 aromatic rings. The van der Waals surface area contributed by atoms with Crippen LogP contribution in [-0.4, -0.2) is 19.8 Å². The summed E-state index contributed by atoms with van der Waals surface area (Å²) in [5.41, 5.74) is 2.88. The van der Waals surface area contributed by atoms with Crippen molar-refractivity contribution in [3.63, 3.8) is 0 Å². The lowest BCUT2D eigenvalue weighted by molar-refractivity contribution is 0.182. The molecule has 16 heavy (non-hydrogen) atoms. The van der Waals surface area contributed by atoms with Gasteiger partial charge >= 0.3 is 0 Å². The van der Waals surface area contributed by atoms with E-state index >= 15 is 0 Å². The lowest BCUT2D eigenvalue weighted by atomic mass is 10.0. The van der Waals surface area contributed by atoms with Crippen molar-refractivity contribution in [3.05, 3.63) is 35.4 Å². The number of ether oxygens (including phenoxy) is 1. The minimum atomic E-state index is -0.833. The van der Waals surface area contributed by atoms with Crippen molar-refractivity contribution in [3.8, 4) is 0 Å². The summed E-state index contributed by atoms with van der Waals surface area (Å²) < 4.78 is 31.2. The molecule has 0 amide bonds. The number of nitrogens with two attached hydrogens (primary N) is 1. The molecule has 1 rings (SSSR count). The normalized spacial score (nSPS) is 12.8. The number of halogens is 2. The van der Waals surface area contributed by atoms with Gasteiger partial charge in [0.25, 0.3) is 0 Å². The van der Waals surface area contributed by atoms with E-state index in [-0.39, 0.29) is 6.04 Å². The highest BCUT2D eigenvalue weighted by Gasteiger charge is 2.13. The highest BCUT2D eigenvalue weighted by Crippen LogP contribution is 2.14. The third-order valence-corrected chi connectivity index (χ3v) is 2.40. The Bertz CT molecular complexity index is 334. The van der Waals surface area contributed by atoms with E-state index < -0.39 is 11.6 Å². The number of methoxy groups -OCH3 is 1. The maximum absolute atomic E-state index is 13.3. The van der Waals surface area contributed by atoms with Gasteiger partial charge in [-0.3, -0.25) is 11.3 Å². The van der Waals surface area contributed by atoms with Gasteiger partial charge in [0.15, 0.2) is 11.6 Å². The SMILES string of the molecule is COCCC(Cc1cccc(F)c1F)NN. The predicted molar refractivity (Wildman–Crippen MR) is 57.7 cm³/mol. The fourth-order valence-electron chi connectivity index (χ4n) is 1.48. The first kappa shape index (κ1) is 13.0. The van der Waals surface area contributed by atoms with Crippen LogP contribution < -0.4 is 11.3 Å². The van der Waals surface area contributed by atoms with Crippen LogP contribution in [0.15, 0.2) is 18.2 Å². The fraction of sp³-hybridized carbons (Fsp3) is 0.455. The molecule has 0 saturated heterocycles. The van der Waals surface area contributed by atoms with Gasteiger partial charge in [0.1, 0.15) is 0 Å². The Kier molecular flexibility index (Phi) is 5.31. The maximum atomic E-state index is 13.3. The van der Waals surface area contributed by atoms with Gasteiger partial charge in [0, 0.05) is 19.8 Å². The van der Waals surface area contributed by atoms with Crippen molar-refractivity contribution < 1.29 is 13.5 Å². The van der Waals surface area contributed by atoms with E-state index in [9.17, 15) is 8.78 Å². The van der Waals surface area contributed by atoms with Crippen LogP contribution in [0.5, 0.6) is 0 Å². The molecule has 0 radical (unpaired) electrons. The summed E-state index contributed by atoms with van der Waals surface area (Å²) in [6.45, 7) is 0.520. The second-order valence-corrected chi connectivity index (χ2v) is 3.56. The molecule has 1 aromatic carbocycles. The summed E-state index contributed by atoms with van der Waals surface area (Å²) in [4.78, 5) is 0. The minimum absolute atomic E-state index is 0.128. The average Bonchev–Trinajstić information content (AvgIpc) is 2.30. The lowest BCUT2D eigenvalue weighted by Crippen LogP contribution is -2.37. The molecule has 0 aliphatic heterocycles. The first-order valence-corrected chi connectivity index (χ1v) is 5.07. The zero-order valence-electron chi connectivity index (χ0n) is 9.17. The lowest BCUT2D eigenvalue weighted by Gasteiger charge is -2.15. The Morgan fingerprint density at radius 1 is 1.44 bits per heavy atom. The van der Waals surface area contributed by atoms with Crippen LogP contribution in [0, 0.1) is 11.6 Å². The third-order valence-electron chi connectivity index (χ3n) is 2.40. The predicted octanol–water partition coefficient (Wildman–Crippen LogP) is 1.38. The van der Waals surface area contributed by atoms with Crippen molar-refractivity contribution >= 4 is 0 Å². The number of benzene rings is 1. The van der Waals surface area contributed by atoms with Crippen LogP contribution in [0.2, 0.25) is 0 Å². The van der Waals surface area contributed by atoms with Crippen molar-refractivity contribution in [1.82, 2.24) is 5.43 Å². The first-order chi connectivity index (χ1) is 7.69. The van der Waals surface area contributed by atoms with Crippen LogP contribution in [0.3, 0.4) is 0 Å². The monoisotopic (exact) mass is 230 g/mol. The Balaban J connectivity index is 2.66.